The van der Waals surface area contributed by atoms with Crippen LogP contribution in [0.5, 0.6) is 5.75 Å². The molecule has 0 bridgehead atoms. The van der Waals surface area contributed by atoms with Gasteiger partial charge in [-0.1, -0.05) is 26.0 Å². The van der Waals surface area contributed by atoms with Crippen molar-refractivity contribution < 1.29 is 17.5 Å². The first kappa shape index (κ1) is 29.0. The summed E-state index contributed by atoms with van der Waals surface area (Å²) < 4.78 is 50.3. The standard InChI is InChI=1S/C31H33FN6O4S/c1-3-14-42-29-9-8-23(43(40,41)38-12-10-36(4-2)11-13-38)16-25(29)30-34-26-18-27-28(17-24(26)31(39)35-30)37(20-33-27)19-21-6-5-7-22(32)15-21/h5-9,15-18,20H,3-4,10-14,19H2,1-2H3,(H,34,35,39). The van der Waals surface area contributed by atoms with Crippen molar-refractivity contribution in [2.45, 2.75) is 31.7 Å². The molecule has 1 aliphatic rings. The molecule has 0 spiro atoms. The fourth-order valence-corrected chi connectivity index (χ4v) is 6.85. The summed E-state index contributed by atoms with van der Waals surface area (Å²) in [6.45, 7) is 7.88. The van der Waals surface area contributed by atoms with Gasteiger partial charge in [0.1, 0.15) is 17.4 Å². The Hall–Kier alpha value is -4.13. The minimum atomic E-state index is -3.77. The zero-order chi connectivity index (χ0) is 30.1. The summed E-state index contributed by atoms with van der Waals surface area (Å²) in [4.78, 5) is 27.8. The average Bonchev–Trinajstić information content (AvgIpc) is 3.40. The van der Waals surface area contributed by atoms with Gasteiger partial charge >= 0.3 is 0 Å². The van der Waals surface area contributed by atoms with Crippen LogP contribution < -0.4 is 10.3 Å². The van der Waals surface area contributed by atoms with Gasteiger partial charge in [-0.15, -0.1) is 0 Å². The molecular formula is C31H33FN6O4S. The first-order chi connectivity index (χ1) is 20.8. The van der Waals surface area contributed by atoms with E-state index in [4.69, 9.17) is 9.72 Å². The lowest BCUT2D eigenvalue weighted by Gasteiger charge is -2.33. The highest BCUT2D eigenvalue weighted by molar-refractivity contribution is 7.89. The summed E-state index contributed by atoms with van der Waals surface area (Å²) in [7, 11) is -3.77. The Balaban J connectivity index is 1.40. The molecule has 0 aliphatic carbocycles. The van der Waals surface area contributed by atoms with Crippen molar-refractivity contribution >= 4 is 32.0 Å². The van der Waals surface area contributed by atoms with Gasteiger partial charge < -0.3 is 19.2 Å². The maximum absolute atomic E-state index is 13.7. The van der Waals surface area contributed by atoms with Crippen molar-refractivity contribution in [1.29, 1.82) is 0 Å². The van der Waals surface area contributed by atoms with Gasteiger partial charge in [-0.3, -0.25) is 4.79 Å². The van der Waals surface area contributed by atoms with Crippen molar-refractivity contribution in [1.82, 2.24) is 28.7 Å². The number of piperazine rings is 1. The Labute approximate surface area is 248 Å². The fourth-order valence-electron chi connectivity index (χ4n) is 5.40. The lowest BCUT2D eigenvalue weighted by molar-refractivity contribution is 0.196. The highest BCUT2D eigenvalue weighted by Crippen LogP contribution is 2.32. The van der Waals surface area contributed by atoms with Gasteiger partial charge in [-0.05, 0) is 61.0 Å². The summed E-state index contributed by atoms with van der Waals surface area (Å²) in [5, 5.41) is 0.353. The highest BCUT2D eigenvalue weighted by atomic mass is 32.2. The molecule has 2 aromatic heterocycles. The maximum Gasteiger partial charge on any atom is 0.259 e. The lowest BCUT2D eigenvalue weighted by Crippen LogP contribution is -2.48. The fraction of sp³-hybridized carbons (Fsp3) is 0.323. The van der Waals surface area contributed by atoms with Crippen molar-refractivity contribution in [2.75, 3.05) is 39.3 Å². The second kappa shape index (κ2) is 11.9. The molecule has 1 aliphatic heterocycles. The number of benzene rings is 3. The van der Waals surface area contributed by atoms with Crippen molar-refractivity contribution in [2.24, 2.45) is 0 Å². The molecule has 1 N–H and O–H groups in total. The predicted molar refractivity (Wildman–Crippen MR) is 163 cm³/mol. The van der Waals surface area contributed by atoms with Gasteiger partial charge in [0.15, 0.2) is 0 Å². The number of halogens is 1. The maximum atomic E-state index is 13.7. The van der Waals surface area contributed by atoms with Gasteiger partial charge in [0.05, 0.1) is 45.3 Å². The number of fused-ring (bicyclic) bond motifs is 2. The average molecular weight is 605 g/mol. The number of hydrogen-bond donors (Lipinski definition) is 1. The summed E-state index contributed by atoms with van der Waals surface area (Å²) in [6, 6.07) is 14.5. The van der Waals surface area contributed by atoms with E-state index >= 15 is 0 Å². The van der Waals surface area contributed by atoms with E-state index in [0.29, 0.717) is 72.6 Å². The largest absolute Gasteiger partial charge is 0.493 e. The lowest BCUT2D eigenvalue weighted by atomic mass is 10.1. The first-order valence-corrected chi connectivity index (χ1v) is 15.8. The van der Waals surface area contributed by atoms with Crippen LogP contribution in [-0.4, -0.2) is 76.5 Å². The van der Waals surface area contributed by atoms with E-state index in [9.17, 15) is 17.6 Å². The Morgan fingerprint density at radius 2 is 1.81 bits per heavy atom. The Morgan fingerprint density at radius 3 is 2.56 bits per heavy atom. The van der Waals surface area contributed by atoms with Crippen molar-refractivity contribution in [3.8, 4) is 17.1 Å². The van der Waals surface area contributed by atoms with Crippen LogP contribution in [0.25, 0.3) is 33.3 Å². The molecule has 0 unspecified atom stereocenters. The van der Waals surface area contributed by atoms with Gasteiger partial charge in [-0.25, -0.2) is 22.8 Å². The van der Waals surface area contributed by atoms with E-state index in [0.717, 1.165) is 18.5 Å². The Morgan fingerprint density at radius 1 is 1.00 bits per heavy atom. The number of aromatic amines is 1. The van der Waals surface area contributed by atoms with Gasteiger partial charge in [-0.2, -0.15) is 4.31 Å². The molecule has 0 amide bonds. The second-order valence-corrected chi connectivity index (χ2v) is 12.6. The number of rotatable bonds is 9. The van der Waals surface area contributed by atoms with Crippen LogP contribution in [0.2, 0.25) is 0 Å². The molecule has 5 aromatic rings. The highest BCUT2D eigenvalue weighted by Gasteiger charge is 2.29. The van der Waals surface area contributed by atoms with Crippen LogP contribution in [0.15, 0.2) is 70.6 Å². The molecule has 6 rings (SSSR count). The molecule has 224 valence electrons. The molecule has 12 heteroatoms. The van der Waals surface area contributed by atoms with E-state index in [-0.39, 0.29) is 22.1 Å². The van der Waals surface area contributed by atoms with E-state index < -0.39 is 10.0 Å². The van der Waals surface area contributed by atoms with Gasteiger partial charge in [0.2, 0.25) is 10.0 Å². The Kier molecular flexibility index (Phi) is 7.99. The van der Waals surface area contributed by atoms with Crippen LogP contribution in [0, 0.1) is 5.82 Å². The molecule has 0 radical (unpaired) electrons. The molecule has 0 atom stereocenters. The molecule has 1 saturated heterocycles. The monoisotopic (exact) mass is 604 g/mol. The van der Waals surface area contributed by atoms with Crippen LogP contribution in [0.1, 0.15) is 25.8 Å². The number of imidazole rings is 1. The molecular weight excluding hydrogens is 571 g/mol. The first-order valence-electron chi connectivity index (χ1n) is 14.4. The van der Waals surface area contributed by atoms with Crippen molar-refractivity contribution in [3.63, 3.8) is 0 Å². The number of nitrogens with zero attached hydrogens (tertiary/aromatic N) is 5. The van der Waals surface area contributed by atoms with Gasteiger partial charge in [0.25, 0.3) is 5.56 Å². The number of H-pyrrole nitrogens is 1. The summed E-state index contributed by atoms with van der Waals surface area (Å²) >= 11 is 0. The van der Waals surface area contributed by atoms with E-state index in [1.54, 1.807) is 36.7 Å². The van der Waals surface area contributed by atoms with Crippen LogP contribution in [-0.2, 0) is 16.6 Å². The third kappa shape index (κ3) is 5.77. The molecule has 10 nitrogen and oxygen atoms in total. The smallest absolute Gasteiger partial charge is 0.259 e. The molecule has 43 heavy (non-hydrogen) atoms. The van der Waals surface area contributed by atoms with Gasteiger partial charge in [0, 0.05) is 32.7 Å². The Bertz CT molecular complexity index is 1960. The number of aromatic nitrogens is 4. The minimum absolute atomic E-state index is 0.116. The van der Waals surface area contributed by atoms with Crippen LogP contribution in [0.3, 0.4) is 0 Å². The molecule has 0 saturated carbocycles. The molecule has 3 heterocycles. The third-order valence-electron chi connectivity index (χ3n) is 7.77. The van der Waals surface area contributed by atoms with E-state index in [1.807, 2.05) is 17.6 Å². The van der Waals surface area contributed by atoms with E-state index in [2.05, 4.69) is 21.8 Å². The summed E-state index contributed by atoms with van der Waals surface area (Å²) in [5.41, 5.74) is 2.51. The normalized spacial score (nSPS) is 15.0. The molecule has 1 fully saturated rings. The van der Waals surface area contributed by atoms with Crippen LogP contribution in [0.4, 0.5) is 4.39 Å². The summed E-state index contributed by atoms with van der Waals surface area (Å²) in [5.74, 6) is 0.313. The quantitative estimate of drug-likeness (QED) is 0.268. The SMILES string of the molecule is CCCOc1ccc(S(=O)(=O)N2CCN(CC)CC2)cc1-c1nc2cc3ncn(Cc4cccc(F)c4)c3cc2c(=O)[nH]1. The number of ether oxygens (including phenoxy) is 1. The zero-order valence-electron chi connectivity index (χ0n) is 24.1. The number of nitrogens with one attached hydrogen (secondary N) is 1. The minimum Gasteiger partial charge on any atom is -0.493 e. The van der Waals surface area contributed by atoms with Crippen molar-refractivity contribution in [3.05, 3.63) is 82.7 Å². The topological polar surface area (TPSA) is 113 Å². The van der Waals surface area contributed by atoms with Crippen LogP contribution >= 0.6 is 0 Å². The third-order valence-corrected chi connectivity index (χ3v) is 9.67. The van der Waals surface area contributed by atoms with E-state index in [1.165, 1.54) is 22.5 Å². The predicted octanol–water partition coefficient (Wildman–Crippen LogP) is 4.24. The number of likely N-dealkylation sites (N-methyl/N-ethyl adjacent to an activating group) is 1. The number of sulfonamides is 1. The zero-order valence-corrected chi connectivity index (χ0v) is 24.9. The second-order valence-electron chi connectivity index (χ2n) is 10.6. The molecule has 3 aromatic carbocycles. The number of hydrogen-bond acceptors (Lipinski definition) is 7. The summed E-state index contributed by atoms with van der Waals surface area (Å²) in [6.07, 6.45) is 2.40.